The molecule has 1 saturated heterocycles. The molecule has 2 aromatic rings. The van der Waals surface area contributed by atoms with E-state index in [4.69, 9.17) is 4.42 Å². The Hall–Kier alpha value is -2.34. The molecule has 24 heavy (non-hydrogen) atoms. The fourth-order valence-corrected chi connectivity index (χ4v) is 2.88. The van der Waals surface area contributed by atoms with Gasteiger partial charge in [-0.05, 0) is 49.4 Å². The maximum absolute atomic E-state index is 13.0. The summed E-state index contributed by atoms with van der Waals surface area (Å²) in [5.74, 6) is -0.0157. The highest BCUT2D eigenvalue weighted by Gasteiger charge is 2.17. The fourth-order valence-electron chi connectivity index (χ4n) is 2.88. The van der Waals surface area contributed by atoms with Crippen LogP contribution in [0.3, 0.4) is 0 Å². The Balaban J connectivity index is 1.34. The SMILES string of the molecule is O=C(NCCCN1CCN(c2ccc(F)cc2)CC1)c1ccco1. The van der Waals surface area contributed by atoms with Crippen LogP contribution in [-0.4, -0.2) is 50.1 Å². The molecule has 2 heterocycles. The number of piperazine rings is 1. The second-order valence-corrected chi connectivity index (χ2v) is 5.89. The van der Waals surface area contributed by atoms with Crippen LogP contribution < -0.4 is 10.2 Å². The Morgan fingerprint density at radius 3 is 2.54 bits per heavy atom. The third kappa shape index (κ3) is 4.35. The van der Waals surface area contributed by atoms with Crippen molar-refractivity contribution in [2.24, 2.45) is 0 Å². The standard InChI is InChI=1S/C18H22FN3O2/c19-15-4-6-16(7-5-15)22-12-10-21(11-13-22)9-2-8-20-18(23)17-3-1-14-24-17/h1,3-7,14H,2,8-13H2,(H,20,23). The number of amides is 1. The van der Waals surface area contributed by atoms with Gasteiger partial charge in [0, 0.05) is 38.4 Å². The molecule has 1 aromatic heterocycles. The maximum atomic E-state index is 13.0. The number of nitrogens with zero attached hydrogens (tertiary/aromatic N) is 2. The van der Waals surface area contributed by atoms with Gasteiger partial charge in [0.05, 0.1) is 6.26 Å². The number of furan rings is 1. The minimum atomic E-state index is -0.200. The normalized spacial score (nSPS) is 15.5. The molecule has 1 N–H and O–H groups in total. The number of carbonyl (C=O) groups is 1. The largest absolute Gasteiger partial charge is 0.459 e. The third-order valence-electron chi connectivity index (χ3n) is 4.25. The maximum Gasteiger partial charge on any atom is 0.286 e. The molecule has 1 fully saturated rings. The van der Waals surface area contributed by atoms with E-state index in [-0.39, 0.29) is 11.7 Å². The molecule has 5 nitrogen and oxygen atoms in total. The second-order valence-electron chi connectivity index (χ2n) is 5.89. The van der Waals surface area contributed by atoms with E-state index >= 15 is 0 Å². The molecule has 0 bridgehead atoms. The zero-order valence-electron chi connectivity index (χ0n) is 13.6. The van der Waals surface area contributed by atoms with Crippen molar-refractivity contribution in [3.05, 3.63) is 54.2 Å². The summed E-state index contributed by atoms with van der Waals surface area (Å²) in [6.07, 6.45) is 2.40. The second kappa shape index (κ2) is 7.97. The molecule has 6 heteroatoms. The van der Waals surface area contributed by atoms with Crippen LogP contribution in [0.5, 0.6) is 0 Å². The molecule has 3 rings (SSSR count). The quantitative estimate of drug-likeness (QED) is 0.826. The van der Waals surface area contributed by atoms with Crippen molar-refractivity contribution >= 4 is 11.6 Å². The lowest BCUT2D eigenvalue weighted by Gasteiger charge is -2.36. The molecule has 0 saturated carbocycles. The van der Waals surface area contributed by atoms with Crippen LogP contribution in [0.25, 0.3) is 0 Å². The minimum absolute atomic E-state index is 0.166. The van der Waals surface area contributed by atoms with Gasteiger partial charge in [0.15, 0.2) is 5.76 Å². The molecule has 0 aliphatic carbocycles. The van der Waals surface area contributed by atoms with E-state index < -0.39 is 0 Å². The van der Waals surface area contributed by atoms with Crippen LogP contribution in [0.2, 0.25) is 0 Å². The lowest BCUT2D eigenvalue weighted by atomic mass is 10.2. The van der Waals surface area contributed by atoms with Gasteiger partial charge in [-0.3, -0.25) is 9.69 Å². The number of carbonyl (C=O) groups excluding carboxylic acids is 1. The molecule has 1 aliphatic heterocycles. The van der Waals surface area contributed by atoms with Crippen molar-refractivity contribution in [1.29, 1.82) is 0 Å². The van der Waals surface area contributed by atoms with Crippen LogP contribution in [-0.2, 0) is 0 Å². The van der Waals surface area contributed by atoms with Crippen molar-refractivity contribution in [1.82, 2.24) is 10.2 Å². The predicted octanol–water partition coefficient (Wildman–Crippen LogP) is 2.36. The first-order valence-corrected chi connectivity index (χ1v) is 8.27. The fraction of sp³-hybridized carbons (Fsp3) is 0.389. The predicted molar refractivity (Wildman–Crippen MR) is 90.7 cm³/mol. The Bertz CT molecular complexity index is 635. The van der Waals surface area contributed by atoms with Crippen molar-refractivity contribution < 1.29 is 13.6 Å². The molecular formula is C18H22FN3O2. The number of hydrogen-bond acceptors (Lipinski definition) is 4. The average molecular weight is 331 g/mol. The minimum Gasteiger partial charge on any atom is -0.459 e. The molecule has 128 valence electrons. The molecule has 0 unspecified atom stereocenters. The summed E-state index contributed by atoms with van der Waals surface area (Å²) in [5.41, 5.74) is 1.07. The highest BCUT2D eigenvalue weighted by Crippen LogP contribution is 2.16. The van der Waals surface area contributed by atoms with E-state index in [1.54, 1.807) is 12.1 Å². The van der Waals surface area contributed by atoms with Crippen LogP contribution in [0.4, 0.5) is 10.1 Å². The molecule has 1 amide bonds. The summed E-state index contributed by atoms with van der Waals surface area (Å²) >= 11 is 0. The van der Waals surface area contributed by atoms with Gasteiger partial charge in [0.2, 0.25) is 0 Å². The van der Waals surface area contributed by atoms with Gasteiger partial charge in [-0.1, -0.05) is 0 Å². The highest BCUT2D eigenvalue weighted by molar-refractivity contribution is 5.91. The lowest BCUT2D eigenvalue weighted by molar-refractivity contribution is 0.0924. The summed E-state index contributed by atoms with van der Waals surface area (Å²) < 4.78 is 18.0. The number of benzene rings is 1. The van der Waals surface area contributed by atoms with E-state index in [1.165, 1.54) is 18.4 Å². The lowest BCUT2D eigenvalue weighted by Crippen LogP contribution is -2.47. The van der Waals surface area contributed by atoms with E-state index in [0.29, 0.717) is 12.3 Å². The third-order valence-corrected chi connectivity index (χ3v) is 4.25. The number of halogens is 1. The Morgan fingerprint density at radius 1 is 1.12 bits per heavy atom. The first-order chi connectivity index (χ1) is 11.7. The molecule has 0 atom stereocenters. The molecular weight excluding hydrogens is 309 g/mol. The van der Waals surface area contributed by atoms with Gasteiger partial charge in [-0.25, -0.2) is 4.39 Å². The topological polar surface area (TPSA) is 48.7 Å². The number of nitrogens with one attached hydrogen (secondary N) is 1. The van der Waals surface area contributed by atoms with E-state index in [2.05, 4.69) is 15.1 Å². The monoisotopic (exact) mass is 331 g/mol. The van der Waals surface area contributed by atoms with Crippen LogP contribution in [0, 0.1) is 5.82 Å². The smallest absolute Gasteiger partial charge is 0.286 e. The van der Waals surface area contributed by atoms with Gasteiger partial charge < -0.3 is 14.6 Å². The van der Waals surface area contributed by atoms with Gasteiger partial charge >= 0.3 is 0 Å². The Morgan fingerprint density at radius 2 is 1.88 bits per heavy atom. The number of hydrogen-bond donors (Lipinski definition) is 1. The van der Waals surface area contributed by atoms with Crippen molar-refractivity contribution in [2.45, 2.75) is 6.42 Å². The summed E-state index contributed by atoms with van der Waals surface area (Å²) in [6.45, 7) is 5.41. The molecule has 0 spiro atoms. The van der Waals surface area contributed by atoms with E-state index in [9.17, 15) is 9.18 Å². The number of anilines is 1. The van der Waals surface area contributed by atoms with Crippen LogP contribution in [0.1, 0.15) is 17.0 Å². The van der Waals surface area contributed by atoms with E-state index in [0.717, 1.165) is 44.8 Å². The summed E-state index contributed by atoms with van der Waals surface area (Å²) in [4.78, 5) is 16.4. The molecule has 0 radical (unpaired) electrons. The average Bonchev–Trinajstić information content (AvgIpc) is 3.15. The first kappa shape index (κ1) is 16.5. The van der Waals surface area contributed by atoms with Crippen molar-refractivity contribution in [2.75, 3.05) is 44.2 Å². The van der Waals surface area contributed by atoms with Gasteiger partial charge in [-0.2, -0.15) is 0 Å². The Kier molecular flexibility index (Phi) is 5.48. The zero-order valence-corrected chi connectivity index (χ0v) is 13.6. The van der Waals surface area contributed by atoms with Crippen LogP contribution in [0.15, 0.2) is 47.1 Å². The Labute approximate surface area is 141 Å². The summed E-state index contributed by atoms with van der Waals surface area (Å²) in [6, 6.07) is 10.0. The molecule has 1 aliphatic rings. The summed E-state index contributed by atoms with van der Waals surface area (Å²) in [7, 11) is 0. The van der Waals surface area contributed by atoms with E-state index in [1.807, 2.05) is 12.1 Å². The zero-order chi connectivity index (χ0) is 16.8. The first-order valence-electron chi connectivity index (χ1n) is 8.27. The van der Waals surface area contributed by atoms with Crippen molar-refractivity contribution in [3.63, 3.8) is 0 Å². The molecule has 1 aromatic carbocycles. The van der Waals surface area contributed by atoms with Gasteiger partial charge in [0.1, 0.15) is 5.82 Å². The van der Waals surface area contributed by atoms with Crippen molar-refractivity contribution in [3.8, 4) is 0 Å². The summed E-state index contributed by atoms with van der Waals surface area (Å²) in [5, 5.41) is 2.86. The van der Waals surface area contributed by atoms with Gasteiger partial charge in [0.25, 0.3) is 5.91 Å². The highest BCUT2D eigenvalue weighted by atomic mass is 19.1. The van der Waals surface area contributed by atoms with Crippen LogP contribution >= 0.6 is 0 Å². The number of rotatable bonds is 6. The van der Waals surface area contributed by atoms with Gasteiger partial charge in [-0.15, -0.1) is 0 Å².